The van der Waals surface area contributed by atoms with Crippen LogP contribution in [-0.4, -0.2) is 48.8 Å². The standard InChI is InChI=1S/C20H34N4O3S/c1-18(2,3)27-17(25)24-10-8-20(9-11-24)12-15-14(13-23(7)21-15)16(20)22-28(26)19(4,5)6/h13,16,22H,8-12H2,1-7H3/t16-,28-/m1/s1. The van der Waals surface area contributed by atoms with Gasteiger partial charge in [-0.1, -0.05) is 0 Å². The van der Waals surface area contributed by atoms with Crippen molar-refractivity contribution in [3.05, 3.63) is 17.5 Å². The molecule has 8 heteroatoms. The van der Waals surface area contributed by atoms with Crippen molar-refractivity contribution < 1.29 is 14.1 Å². The predicted molar refractivity (Wildman–Crippen MR) is 110 cm³/mol. The van der Waals surface area contributed by atoms with Crippen LogP contribution in [0.15, 0.2) is 6.20 Å². The van der Waals surface area contributed by atoms with Gasteiger partial charge in [0.25, 0.3) is 0 Å². The number of hydrogen-bond donors (Lipinski definition) is 1. The van der Waals surface area contributed by atoms with Gasteiger partial charge in [0.05, 0.1) is 11.7 Å². The molecule has 1 saturated heterocycles. The van der Waals surface area contributed by atoms with E-state index < -0.39 is 17.0 Å². The Kier molecular flexibility index (Phi) is 5.53. The Balaban J connectivity index is 1.77. The lowest BCUT2D eigenvalue weighted by molar-refractivity contribution is 0.00701. The molecule has 3 rings (SSSR count). The van der Waals surface area contributed by atoms with E-state index in [0.717, 1.165) is 30.5 Å². The van der Waals surface area contributed by atoms with Crippen molar-refractivity contribution in [2.75, 3.05) is 13.1 Å². The highest BCUT2D eigenvalue weighted by molar-refractivity contribution is 7.90. The number of hydrogen-bond acceptors (Lipinski definition) is 5. The highest BCUT2D eigenvalue weighted by Gasteiger charge is 2.52. The van der Waals surface area contributed by atoms with E-state index in [1.165, 1.54) is 0 Å². The zero-order valence-corrected chi connectivity index (χ0v) is 19.0. The number of likely N-dealkylation sites (tertiary alicyclic amines) is 1. The first-order valence-electron chi connectivity index (χ1n) is 9.99. The van der Waals surface area contributed by atoms with E-state index in [4.69, 9.17) is 4.74 Å². The number of carbonyl (C=O) groups excluding carboxylic acids is 1. The quantitative estimate of drug-likeness (QED) is 0.758. The van der Waals surface area contributed by atoms with Gasteiger partial charge in [-0.25, -0.2) is 4.79 Å². The van der Waals surface area contributed by atoms with Crippen LogP contribution >= 0.6 is 0 Å². The maximum atomic E-state index is 12.9. The molecule has 1 fully saturated rings. The monoisotopic (exact) mass is 410 g/mol. The fourth-order valence-electron chi connectivity index (χ4n) is 4.10. The maximum Gasteiger partial charge on any atom is 0.410 e. The van der Waals surface area contributed by atoms with Gasteiger partial charge >= 0.3 is 6.09 Å². The Morgan fingerprint density at radius 1 is 1.29 bits per heavy atom. The number of amides is 1. The Morgan fingerprint density at radius 2 is 1.89 bits per heavy atom. The summed E-state index contributed by atoms with van der Waals surface area (Å²) in [5.41, 5.74) is 1.67. The van der Waals surface area contributed by atoms with Crippen molar-refractivity contribution in [2.45, 2.75) is 77.2 Å². The molecule has 1 N–H and O–H groups in total. The first-order chi connectivity index (χ1) is 12.8. The van der Waals surface area contributed by atoms with Crippen molar-refractivity contribution >= 4 is 17.5 Å². The van der Waals surface area contributed by atoms with Crippen molar-refractivity contribution in [1.82, 2.24) is 19.4 Å². The Labute approximate surface area is 171 Å². The van der Waals surface area contributed by atoms with Crippen molar-refractivity contribution in [3.63, 3.8) is 0 Å². The lowest BCUT2D eigenvalue weighted by atomic mass is 9.73. The van der Waals surface area contributed by atoms with Crippen LogP contribution < -0.4 is 4.72 Å². The minimum absolute atomic E-state index is 0.0166. The third kappa shape index (κ3) is 4.33. The van der Waals surface area contributed by atoms with Crippen LogP contribution in [0.25, 0.3) is 0 Å². The average Bonchev–Trinajstić information content (AvgIpc) is 3.00. The largest absolute Gasteiger partial charge is 0.598 e. The van der Waals surface area contributed by atoms with Crippen molar-refractivity contribution in [1.29, 1.82) is 0 Å². The number of fused-ring (bicyclic) bond motifs is 1. The van der Waals surface area contributed by atoms with Crippen molar-refractivity contribution in [3.8, 4) is 0 Å². The first-order valence-corrected chi connectivity index (χ1v) is 11.1. The highest BCUT2D eigenvalue weighted by atomic mass is 32.2. The molecule has 1 spiro atoms. The van der Waals surface area contributed by atoms with E-state index in [9.17, 15) is 9.35 Å². The zero-order valence-electron chi connectivity index (χ0n) is 18.2. The minimum atomic E-state index is -1.18. The summed E-state index contributed by atoms with van der Waals surface area (Å²) in [6.07, 6.45) is 4.32. The summed E-state index contributed by atoms with van der Waals surface area (Å²) in [7, 11) is 1.92. The molecule has 0 aromatic carbocycles. The third-order valence-corrected chi connectivity index (χ3v) is 7.13. The Hall–Kier alpha value is -1.25. The molecule has 2 heterocycles. The fraction of sp³-hybridized carbons (Fsp3) is 0.800. The van der Waals surface area contributed by atoms with Crippen LogP contribution in [-0.2, 0) is 29.6 Å². The fourth-order valence-corrected chi connectivity index (χ4v) is 5.04. The van der Waals surface area contributed by atoms with Gasteiger partial charge < -0.3 is 14.2 Å². The number of aromatic nitrogens is 2. The third-order valence-electron chi connectivity index (χ3n) is 5.57. The minimum Gasteiger partial charge on any atom is -0.598 e. The number of ether oxygens (including phenoxy) is 1. The van der Waals surface area contributed by atoms with Crippen molar-refractivity contribution in [2.24, 2.45) is 12.5 Å². The summed E-state index contributed by atoms with van der Waals surface area (Å²) in [5, 5.41) is 4.64. The SMILES string of the molecule is Cn1cc2c(n1)CC1(CCN(C(=O)OC(C)(C)C)CC1)[C@@H]2N[S@+]([O-])C(C)(C)C. The van der Waals surface area contributed by atoms with Crippen LogP contribution in [0.3, 0.4) is 0 Å². The lowest BCUT2D eigenvalue weighted by Crippen LogP contribution is -2.51. The Morgan fingerprint density at radius 3 is 2.43 bits per heavy atom. The molecule has 7 nitrogen and oxygen atoms in total. The van der Waals surface area contributed by atoms with Gasteiger partial charge in [0.2, 0.25) is 0 Å². The van der Waals surface area contributed by atoms with Crippen LogP contribution in [0.2, 0.25) is 0 Å². The molecule has 0 radical (unpaired) electrons. The van der Waals surface area contributed by atoms with Crippen LogP contribution in [0, 0.1) is 5.41 Å². The van der Waals surface area contributed by atoms with Gasteiger partial charge in [0.15, 0.2) is 0 Å². The highest BCUT2D eigenvalue weighted by Crippen LogP contribution is 2.52. The van der Waals surface area contributed by atoms with Gasteiger partial charge in [-0.15, -0.1) is 4.72 Å². The van der Waals surface area contributed by atoms with Crippen LogP contribution in [0.5, 0.6) is 0 Å². The predicted octanol–water partition coefficient (Wildman–Crippen LogP) is 3.09. The second kappa shape index (κ2) is 7.22. The van der Waals surface area contributed by atoms with E-state index in [1.54, 1.807) is 4.90 Å². The van der Waals surface area contributed by atoms with Gasteiger partial charge in [-0.2, -0.15) is 5.10 Å². The molecule has 0 unspecified atom stereocenters. The smallest absolute Gasteiger partial charge is 0.410 e. The number of rotatable bonds is 2. The molecule has 0 bridgehead atoms. The van der Waals surface area contributed by atoms with Gasteiger partial charge in [0, 0.05) is 48.7 Å². The lowest BCUT2D eigenvalue weighted by Gasteiger charge is -2.43. The summed E-state index contributed by atoms with van der Waals surface area (Å²) < 4.78 is 23.3. The molecular formula is C20H34N4O3S. The van der Waals surface area contributed by atoms with Crippen LogP contribution in [0.4, 0.5) is 4.79 Å². The van der Waals surface area contributed by atoms with E-state index in [-0.39, 0.29) is 22.3 Å². The molecule has 1 aliphatic carbocycles. The zero-order chi connectivity index (χ0) is 20.9. The van der Waals surface area contributed by atoms with Gasteiger partial charge in [-0.05, 0) is 60.8 Å². The van der Waals surface area contributed by atoms with E-state index in [1.807, 2.05) is 59.5 Å². The van der Waals surface area contributed by atoms with Crippen LogP contribution in [0.1, 0.15) is 71.7 Å². The summed E-state index contributed by atoms with van der Waals surface area (Å²) in [6.45, 7) is 12.9. The summed E-state index contributed by atoms with van der Waals surface area (Å²) >= 11 is -1.18. The van der Waals surface area contributed by atoms with E-state index in [0.29, 0.717) is 13.1 Å². The molecule has 1 amide bonds. The molecule has 158 valence electrons. The van der Waals surface area contributed by atoms with E-state index in [2.05, 4.69) is 9.82 Å². The number of carbonyl (C=O) groups is 1. The number of nitrogens with one attached hydrogen (secondary N) is 1. The normalized spacial score (nSPS) is 23.0. The topological polar surface area (TPSA) is 82.5 Å². The Bertz CT molecular complexity index is 727. The molecule has 0 saturated carbocycles. The molecule has 1 aliphatic heterocycles. The maximum absolute atomic E-state index is 12.9. The summed E-state index contributed by atoms with van der Waals surface area (Å²) in [5.74, 6) is 0. The number of nitrogens with zero attached hydrogens (tertiary/aromatic N) is 3. The van der Waals surface area contributed by atoms with E-state index >= 15 is 0 Å². The summed E-state index contributed by atoms with van der Waals surface area (Å²) in [6, 6.07) is -0.0166. The average molecular weight is 411 g/mol. The molecule has 28 heavy (non-hydrogen) atoms. The second-order valence-electron chi connectivity index (χ2n) is 10.1. The molecule has 2 aliphatic rings. The first kappa shape index (κ1) is 21.5. The second-order valence-corrected chi connectivity index (χ2v) is 12.1. The summed E-state index contributed by atoms with van der Waals surface area (Å²) in [4.78, 5) is 14.2. The van der Waals surface area contributed by atoms with Gasteiger partial charge in [-0.3, -0.25) is 4.68 Å². The number of piperidine rings is 1. The number of aryl methyl sites for hydroxylation is 1. The molecular weight excluding hydrogens is 376 g/mol. The molecule has 1 aromatic rings. The molecule has 2 atom stereocenters. The molecule has 1 aromatic heterocycles. The van der Waals surface area contributed by atoms with Gasteiger partial charge in [0.1, 0.15) is 10.3 Å².